The predicted molar refractivity (Wildman–Crippen MR) is 67.3 cm³/mol. The molecule has 3 saturated heterocycles. The third-order valence-electron chi connectivity index (χ3n) is 4.11. The lowest BCUT2D eigenvalue weighted by molar-refractivity contribution is 0.0974. The Morgan fingerprint density at radius 1 is 1.22 bits per heavy atom. The molecule has 2 bridgehead atoms. The summed E-state index contributed by atoms with van der Waals surface area (Å²) in [5, 5.41) is 3.11. The molecule has 0 amide bonds. The van der Waals surface area contributed by atoms with E-state index in [1.54, 1.807) is 0 Å². The molecule has 0 radical (unpaired) electrons. The molecule has 3 fully saturated rings. The molecule has 4 rings (SSSR count). The van der Waals surface area contributed by atoms with Gasteiger partial charge < -0.3 is 16.0 Å². The van der Waals surface area contributed by atoms with Gasteiger partial charge in [-0.05, 0) is 44.0 Å². The molecule has 1 atom stereocenters. The van der Waals surface area contributed by atoms with Crippen molar-refractivity contribution in [2.24, 2.45) is 5.92 Å². The Labute approximate surface area is 105 Å². The van der Waals surface area contributed by atoms with E-state index in [9.17, 15) is 8.78 Å². The summed E-state index contributed by atoms with van der Waals surface area (Å²) >= 11 is 0. The normalized spacial score (nSPS) is 30.4. The van der Waals surface area contributed by atoms with Crippen molar-refractivity contribution in [1.82, 2.24) is 4.90 Å². The zero-order valence-electron chi connectivity index (χ0n) is 10.1. The van der Waals surface area contributed by atoms with E-state index in [2.05, 4.69) is 10.2 Å². The molecule has 1 aromatic carbocycles. The fourth-order valence-electron chi connectivity index (χ4n) is 3.03. The van der Waals surface area contributed by atoms with Crippen LogP contribution in [0.2, 0.25) is 0 Å². The van der Waals surface area contributed by atoms with Crippen molar-refractivity contribution in [1.29, 1.82) is 0 Å². The van der Waals surface area contributed by atoms with Gasteiger partial charge in [0.15, 0.2) is 11.6 Å². The van der Waals surface area contributed by atoms with E-state index in [1.807, 2.05) is 0 Å². The molecule has 3 aliphatic heterocycles. The van der Waals surface area contributed by atoms with Gasteiger partial charge in [0, 0.05) is 12.6 Å². The Hall–Kier alpha value is -1.36. The maximum atomic E-state index is 13.7. The minimum absolute atomic E-state index is 0.119. The lowest BCUT2D eigenvalue weighted by Crippen LogP contribution is -2.53. The fraction of sp³-hybridized carbons (Fsp3) is 0.538. The smallest absolute Gasteiger partial charge is 0.183 e. The first kappa shape index (κ1) is 11.7. The maximum Gasteiger partial charge on any atom is 0.183 e. The summed E-state index contributed by atoms with van der Waals surface area (Å²) in [6, 6.07) is 2.64. The first-order valence-corrected chi connectivity index (χ1v) is 6.37. The van der Waals surface area contributed by atoms with Crippen molar-refractivity contribution >= 4 is 11.4 Å². The molecule has 1 unspecified atom stereocenters. The second-order valence-corrected chi connectivity index (χ2v) is 5.21. The van der Waals surface area contributed by atoms with Crippen LogP contribution in [-0.2, 0) is 0 Å². The maximum absolute atomic E-state index is 13.7. The monoisotopic (exact) mass is 253 g/mol. The number of nitrogens with one attached hydrogen (secondary N) is 1. The van der Waals surface area contributed by atoms with E-state index >= 15 is 0 Å². The Balaban J connectivity index is 1.83. The summed E-state index contributed by atoms with van der Waals surface area (Å²) in [7, 11) is 0. The van der Waals surface area contributed by atoms with Crippen LogP contribution in [0.1, 0.15) is 12.8 Å². The van der Waals surface area contributed by atoms with Crippen molar-refractivity contribution in [2.45, 2.75) is 18.9 Å². The minimum Gasteiger partial charge on any atom is -0.397 e. The Morgan fingerprint density at radius 2 is 1.94 bits per heavy atom. The fourth-order valence-corrected chi connectivity index (χ4v) is 3.03. The van der Waals surface area contributed by atoms with Crippen LogP contribution in [0.5, 0.6) is 0 Å². The van der Waals surface area contributed by atoms with Gasteiger partial charge in [-0.15, -0.1) is 0 Å². The van der Waals surface area contributed by atoms with Gasteiger partial charge >= 0.3 is 0 Å². The van der Waals surface area contributed by atoms with Crippen molar-refractivity contribution in [3.05, 3.63) is 23.8 Å². The Morgan fingerprint density at radius 3 is 2.56 bits per heavy atom. The van der Waals surface area contributed by atoms with Gasteiger partial charge in [-0.2, -0.15) is 0 Å². The highest BCUT2D eigenvalue weighted by Gasteiger charge is 2.34. The van der Waals surface area contributed by atoms with Gasteiger partial charge in [-0.1, -0.05) is 0 Å². The van der Waals surface area contributed by atoms with Crippen LogP contribution in [0.15, 0.2) is 12.1 Å². The van der Waals surface area contributed by atoms with Crippen LogP contribution in [0.3, 0.4) is 0 Å². The number of hydrogen-bond acceptors (Lipinski definition) is 3. The lowest BCUT2D eigenvalue weighted by atomic mass is 9.84. The summed E-state index contributed by atoms with van der Waals surface area (Å²) in [5.74, 6) is -1.18. The SMILES string of the molecule is Nc1ccc(F)c(F)c1NC1CN2CCC1CC2. The number of anilines is 2. The molecule has 5 heteroatoms. The average molecular weight is 253 g/mol. The van der Waals surface area contributed by atoms with Gasteiger partial charge in [-0.3, -0.25) is 0 Å². The lowest BCUT2D eigenvalue weighted by Gasteiger charge is -2.45. The summed E-state index contributed by atoms with van der Waals surface area (Å²) in [4.78, 5) is 2.35. The van der Waals surface area contributed by atoms with Crippen molar-refractivity contribution in [3.8, 4) is 0 Å². The molecule has 0 spiro atoms. The largest absolute Gasteiger partial charge is 0.397 e. The third-order valence-corrected chi connectivity index (χ3v) is 4.11. The van der Waals surface area contributed by atoms with E-state index in [0.717, 1.165) is 38.5 Å². The number of benzene rings is 1. The quantitative estimate of drug-likeness (QED) is 0.793. The molecule has 0 aromatic heterocycles. The van der Waals surface area contributed by atoms with E-state index in [4.69, 9.17) is 5.73 Å². The van der Waals surface area contributed by atoms with Crippen molar-refractivity contribution in [2.75, 3.05) is 30.7 Å². The number of fused-ring (bicyclic) bond motifs is 3. The van der Waals surface area contributed by atoms with Crippen LogP contribution in [0.4, 0.5) is 20.2 Å². The molecule has 3 N–H and O–H groups in total. The van der Waals surface area contributed by atoms with Gasteiger partial charge in [0.05, 0.1) is 11.4 Å². The van der Waals surface area contributed by atoms with E-state index in [0.29, 0.717) is 5.92 Å². The van der Waals surface area contributed by atoms with Crippen molar-refractivity contribution < 1.29 is 8.78 Å². The molecule has 1 aromatic rings. The van der Waals surface area contributed by atoms with Crippen LogP contribution in [0.25, 0.3) is 0 Å². The number of halogens is 2. The van der Waals surface area contributed by atoms with E-state index < -0.39 is 11.6 Å². The van der Waals surface area contributed by atoms with Gasteiger partial charge in [0.25, 0.3) is 0 Å². The zero-order chi connectivity index (χ0) is 12.7. The van der Waals surface area contributed by atoms with Gasteiger partial charge in [0.1, 0.15) is 0 Å². The number of nitrogens with two attached hydrogens (primary N) is 1. The number of hydrogen-bond donors (Lipinski definition) is 2. The molecule has 3 nitrogen and oxygen atoms in total. The first-order valence-electron chi connectivity index (χ1n) is 6.37. The number of piperidine rings is 3. The number of rotatable bonds is 2. The van der Waals surface area contributed by atoms with Crippen molar-refractivity contribution in [3.63, 3.8) is 0 Å². The molecule has 3 aliphatic rings. The molecular weight excluding hydrogens is 236 g/mol. The topological polar surface area (TPSA) is 41.3 Å². The highest BCUT2D eigenvalue weighted by atomic mass is 19.2. The van der Waals surface area contributed by atoms with Gasteiger partial charge in [-0.25, -0.2) is 8.78 Å². The predicted octanol–water partition coefficient (Wildman–Crippen LogP) is 2.05. The molecule has 0 saturated carbocycles. The highest BCUT2D eigenvalue weighted by molar-refractivity contribution is 5.67. The van der Waals surface area contributed by atoms with E-state index in [-0.39, 0.29) is 17.4 Å². The molecule has 3 heterocycles. The third kappa shape index (κ3) is 1.92. The standard InChI is InChI=1S/C13H17F2N3/c14-9-1-2-10(16)13(12(9)15)17-11-7-18-5-3-8(11)4-6-18/h1-2,8,11,17H,3-7,16H2. The van der Waals surface area contributed by atoms with E-state index in [1.165, 1.54) is 6.07 Å². The van der Waals surface area contributed by atoms with Gasteiger partial charge in [0.2, 0.25) is 0 Å². The van der Waals surface area contributed by atoms with Crippen LogP contribution in [-0.4, -0.2) is 30.6 Å². The summed E-state index contributed by atoms with van der Waals surface area (Å²) in [6.07, 6.45) is 2.24. The minimum atomic E-state index is -0.869. The number of nitrogen functional groups attached to an aromatic ring is 1. The zero-order valence-corrected chi connectivity index (χ0v) is 10.1. The number of nitrogens with zero attached hydrogens (tertiary/aromatic N) is 1. The molecule has 98 valence electrons. The Kier molecular flexibility index (Phi) is 2.86. The van der Waals surface area contributed by atoms with Crippen LogP contribution in [0, 0.1) is 17.6 Å². The molecule has 18 heavy (non-hydrogen) atoms. The van der Waals surface area contributed by atoms with Crippen LogP contribution >= 0.6 is 0 Å². The second kappa shape index (κ2) is 4.39. The second-order valence-electron chi connectivity index (χ2n) is 5.21. The average Bonchev–Trinajstić information content (AvgIpc) is 2.41. The first-order chi connectivity index (χ1) is 8.65. The molecular formula is C13H17F2N3. The summed E-state index contributed by atoms with van der Waals surface area (Å²) < 4.78 is 26.9. The summed E-state index contributed by atoms with van der Waals surface area (Å²) in [6.45, 7) is 3.12. The van der Waals surface area contributed by atoms with Crippen LogP contribution < -0.4 is 11.1 Å². The molecule has 0 aliphatic carbocycles. The Bertz CT molecular complexity index is 456. The summed E-state index contributed by atoms with van der Waals surface area (Å²) in [5.41, 5.74) is 6.11. The highest BCUT2D eigenvalue weighted by Crippen LogP contribution is 2.32.